The molecule has 1 amide bonds. The summed E-state index contributed by atoms with van der Waals surface area (Å²) < 4.78 is 27.5. The number of aryl methyl sites for hydroxylation is 1. The maximum absolute atomic E-state index is 13.0. The highest BCUT2D eigenvalue weighted by Crippen LogP contribution is 2.25. The lowest BCUT2D eigenvalue weighted by atomic mass is 10.1. The van der Waals surface area contributed by atoms with Crippen LogP contribution < -0.4 is 5.32 Å². The van der Waals surface area contributed by atoms with Gasteiger partial charge in [0.1, 0.15) is 0 Å². The van der Waals surface area contributed by atoms with Gasteiger partial charge >= 0.3 is 0 Å². The Hall–Kier alpha value is -2.18. The van der Waals surface area contributed by atoms with E-state index in [0.29, 0.717) is 17.8 Å². The molecule has 0 saturated carbocycles. The number of sulfonamides is 1. The number of nitrogens with one attached hydrogen (secondary N) is 1. The Kier molecular flexibility index (Phi) is 5.44. The largest absolute Gasteiger partial charge is 0.322 e. The van der Waals surface area contributed by atoms with Crippen molar-refractivity contribution in [3.63, 3.8) is 0 Å². The maximum Gasteiger partial charge on any atom is 0.255 e. The van der Waals surface area contributed by atoms with Crippen molar-refractivity contribution in [1.29, 1.82) is 0 Å². The van der Waals surface area contributed by atoms with Gasteiger partial charge in [0.15, 0.2) is 0 Å². The molecule has 3 rings (SSSR count). The van der Waals surface area contributed by atoms with Crippen molar-refractivity contribution in [2.24, 2.45) is 0 Å². The molecule has 0 radical (unpaired) electrons. The second kappa shape index (κ2) is 7.60. The highest BCUT2D eigenvalue weighted by molar-refractivity contribution is 7.89. The molecule has 1 aliphatic rings. The molecule has 1 N–H and O–H groups in total. The predicted octanol–water partition coefficient (Wildman–Crippen LogP) is 3.81. The molecule has 1 heterocycles. The van der Waals surface area contributed by atoms with E-state index >= 15 is 0 Å². The second-order valence-electron chi connectivity index (χ2n) is 6.81. The third-order valence-corrected chi connectivity index (χ3v) is 6.73. The zero-order valence-corrected chi connectivity index (χ0v) is 15.9. The van der Waals surface area contributed by atoms with E-state index in [-0.39, 0.29) is 16.8 Å². The van der Waals surface area contributed by atoms with Crippen LogP contribution in [0.2, 0.25) is 0 Å². The van der Waals surface area contributed by atoms with Gasteiger partial charge in [0, 0.05) is 23.8 Å². The van der Waals surface area contributed by atoms with Gasteiger partial charge < -0.3 is 5.32 Å². The quantitative estimate of drug-likeness (QED) is 0.887. The predicted molar refractivity (Wildman–Crippen MR) is 103 cm³/mol. The lowest BCUT2D eigenvalue weighted by molar-refractivity contribution is 0.102. The molecular formula is C20H24N2O3S. The summed E-state index contributed by atoms with van der Waals surface area (Å²) in [7, 11) is -3.59. The minimum absolute atomic E-state index is 0.0153. The number of amides is 1. The highest BCUT2D eigenvalue weighted by atomic mass is 32.2. The fraction of sp³-hybridized carbons (Fsp3) is 0.350. The molecule has 6 heteroatoms. The first kappa shape index (κ1) is 18.6. The van der Waals surface area contributed by atoms with E-state index < -0.39 is 10.0 Å². The van der Waals surface area contributed by atoms with Crippen LogP contribution in [-0.4, -0.2) is 31.2 Å². The number of hydrogen-bond acceptors (Lipinski definition) is 3. The molecule has 1 fully saturated rings. The Balaban J connectivity index is 1.84. The average Bonchev–Trinajstić information content (AvgIpc) is 2.62. The Labute approximate surface area is 155 Å². The topological polar surface area (TPSA) is 66.5 Å². The van der Waals surface area contributed by atoms with Crippen molar-refractivity contribution in [2.75, 3.05) is 11.9 Å². The third kappa shape index (κ3) is 3.97. The average molecular weight is 372 g/mol. The first-order valence-corrected chi connectivity index (χ1v) is 10.3. The first-order valence-electron chi connectivity index (χ1n) is 8.88. The number of piperidine rings is 1. The van der Waals surface area contributed by atoms with Gasteiger partial charge in [0.25, 0.3) is 5.91 Å². The van der Waals surface area contributed by atoms with E-state index in [9.17, 15) is 13.2 Å². The number of rotatable bonds is 4. The summed E-state index contributed by atoms with van der Waals surface area (Å²) in [5, 5.41) is 2.82. The second-order valence-corrected chi connectivity index (χ2v) is 8.70. The minimum atomic E-state index is -3.59. The Morgan fingerprint density at radius 3 is 2.62 bits per heavy atom. The number of hydrogen-bond donors (Lipinski definition) is 1. The van der Waals surface area contributed by atoms with E-state index in [1.807, 2.05) is 32.0 Å². The fourth-order valence-electron chi connectivity index (χ4n) is 3.29. The maximum atomic E-state index is 13.0. The van der Waals surface area contributed by atoms with E-state index in [1.54, 1.807) is 28.6 Å². The summed E-state index contributed by atoms with van der Waals surface area (Å²) in [6.07, 6.45) is 2.79. The minimum Gasteiger partial charge on any atom is -0.322 e. The van der Waals surface area contributed by atoms with Gasteiger partial charge in [-0.05, 0) is 62.6 Å². The molecule has 5 nitrogen and oxygen atoms in total. The van der Waals surface area contributed by atoms with Gasteiger partial charge in [0.2, 0.25) is 10.0 Å². The summed E-state index contributed by atoms with van der Waals surface area (Å²) >= 11 is 0. The van der Waals surface area contributed by atoms with Crippen LogP contribution in [0.3, 0.4) is 0 Å². The van der Waals surface area contributed by atoms with Crippen molar-refractivity contribution in [3.8, 4) is 0 Å². The van der Waals surface area contributed by atoms with Crippen LogP contribution >= 0.6 is 0 Å². The lowest BCUT2D eigenvalue weighted by Gasteiger charge is -2.32. The summed E-state index contributed by atoms with van der Waals surface area (Å²) in [6.45, 7) is 4.41. The van der Waals surface area contributed by atoms with Gasteiger partial charge in [0.05, 0.1) is 4.90 Å². The SMILES string of the molecule is Cc1cccc(NC(=O)c2cccc(S(=O)(=O)N3CCCC[C@H]3C)c2)c1. The Bertz CT molecular complexity index is 909. The van der Waals surface area contributed by atoms with Crippen LogP contribution in [0.1, 0.15) is 42.1 Å². The van der Waals surface area contributed by atoms with Crippen molar-refractivity contribution < 1.29 is 13.2 Å². The Morgan fingerprint density at radius 2 is 1.88 bits per heavy atom. The molecule has 0 aliphatic carbocycles. The molecule has 2 aromatic carbocycles. The summed E-state index contributed by atoms with van der Waals surface area (Å²) in [6, 6.07) is 13.7. The molecule has 26 heavy (non-hydrogen) atoms. The number of benzene rings is 2. The van der Waals surface area contributed by atoms with Crippen molar-refractivity contribution in [3.05, 3.63) is 59.7 Å². The molecule has 1 saturated heterocycles. The lowest BCUT2D eigenvalue weighted by Crippen LogP contribution is -2.41. The molecule has 2 aromatic rings. The van der Waals surface area contributed by atoms with Crippen LogP contribution in [0.5, 0.6) is 0 Å². The monoisotopic (exact) mass is 372 g/mol. The summed E-state index contributed by atoms with van der Waals surface area (Å²) in [4.78, 5) is 12.7. The van der Waals surface area contributed by atoms with E-state index in [4.69, 9.17) is 0 Å². The van der Waals surface area contributed by atoms with E-state index in [2.05, 4.69) is 5.32 Å². The first-order chi connectivity index (χ1) is 12.4. The van der Waals surface area contributed by atoms with Crippen molar-refractivity contribution in [2.45, 2.75) is 44.0 Å². The van der Waals surface area contributed by atoms with E-state index in [0.717, 1.165) is 24.8 Å². The highest BCUT2D eigenvalue weighted by Gasteiger charge is 2.31. The molecule has 0 aromatic heterocycles. The molecule has 1 aliphatic heterocycles. The Morgan fingerprint density at radius 1 is 1.12 bits per heavy atom. The van der Waals surface area contributed by atoms with Gasteiger partial charge in [-0.2, -0.15) is 4.31 Å². The zero-order chi connectivity index (χ0) is 18.7. The number of carbonyl (C=O) groups excluding carboxylic acids is 1. The van der Waals surface area contributed by atoms with Crippen LogP contribution in [0.4, 0.5) is 5.69 Å². The molecule has 0 spiro atoms. The van der Waals surface area contributed by atoms with Crippen molar-refractivity contribution >= 4 is 21.6 Å². The number of nitrogens with zero attached hydrogens (tertiary/aromatic N) is 1. The molecular weight excluding hydrogens is 348 g/mol. The third-order valence-electron chi connectivity index (χ3n) is 4.72. The normalized spacial score (nSPS) is 18.5. The van der Waals surface area contributed by atoms with Crippen LogP contribution in [-0.2, 0) is 10.0 Å². The smallest absolute Gasteiger partial charge is 0.255 e. The van der Waals surface area contributed by atoms with Gasteiger partial charge in [-0.25, -0.2) is 8.42 Å². The van der Waals surface area contributed by atoms with Crippen LogP contribution in [0.15, 0.2) is 53.4 Å². The van der Waals surface area contributed by atoms with Gasteiger partial charge in [-0.3, -0.25) is 4.79 Å². The zero-order valence-electron chi connectivity index (χ0n) is 15.1. The van der Waals surface area contributed by atoms with Gasteiger partial charge in [-0.15, -0.1) is 0 Å². The van der Waals surface area contributed by atoms with Crippen LogP contribution in [0.25, 0.3) is 0 Å². The summed E-state index contributed by atoms with van der Waals surface area (Å²) in [5.74, 6) is -0.320. The van der Waals surface area contributed by atoms with Gasteiger partial charge in [-0.1, -0.05) is 24.6 Å². The van der Waals surface area contributed by atoms with Crippen LogP contribution in [0, 0.1) is 6.92 Å². The number of anilines is 1. The fourth-order valence-corrected chi connectivity index (χ4v) is 5.03. The molecule has 0 unspecified atom stereocenters. The number of carbonyl (C=O) groups is 1. The van der Waals surface area contributed by atoms with E-state index in [1.165, 1.54) is 6.07 Å². The standard InChI is InChI=1S/C20H24N2O3S/c1-15-7-5-10-18(13-15)21-20(23)17-9-6-11-19(14-17)26(24,25)22-12-4-3-8-16(22)2/h5-7,9-11,13-14,16H,3-4,8,12H2,1-2H3,(H,21,23)/t16-/m1/s1. The summed E-state index contributed by atoms with van der Waals surface area (Å²) in [5.41, 5.74) is 2.06. The van der Waals surface area contributed by atoms with Crippen molar-refractivity contribution in [1.82, 2.24) is 4.31 Å². The molecule has 0 bridgehead atoms. The molecule has 1 atom stereocenters. The molecule has 138 valence electrons.